The number of nitrogens with zero attached hydrogens (tertiary/aromatic N) is 4. The minimum atomic E-state index is -0.724. The van der Waals surface area contributed by atoms with Gasteiger partial charge in [0.05, 0.1) is 31.6 Å². The van der Waals surface area contributed by atoms with Crippen molar-refractivity contribution in [3.8, 4) is 23.0 Å². The van der Waals surface area contributed by atoms with Crippen LogP contribution in [0.5, 0.6) is 11.8 Å². The monoisotopic (exact) mass is 439 g/mol. The number of rotatable bonds is 5. The molecule has 1 amide bonds. The second kappa shape index (κ2) is 8.10. The van der Waals surface area contributed by atoms with E-state index in [9.17, 15) is 9.59 Å². The molecule has 3 aromatic heterocycles. The maximum Gasteiger partial charge on any atom is 0.419 e. The number of amides is 1. The minimum Gasteiger partial charge on any atom is -0.480 e. The molecule has 0 aliphatic heterocycles. The summed E-state index contributed by atoms with van der Waals surface area (Å²) in [6.45, 7) is 5.35. The average molecular weight is 439 g/mol. The van der Waals surface area contributed by atoms with Gasteiger partial charge in [-0.2, -0.15) is 0 Å². The zero-order valence-electron chi connectivity index (χ0n) is 18.6. The molecule has 4 rings (SSSR count). The van der Waals surface area contributed by atoms with E-state index in [1.807, 2.05) is 0 Å². The van der Waals surface area contributed by atoms with Crippen molar-refractivity contribution in [3.63, 3.8) is 0 Å². The molecule has 32 heavy (non-hydrogen) atoms. The average Bonchev–Trinajstić information content (AvgIpc) is 3.52. The fraction of sp³-hybridized carbons (Fsp3) is 0.409. The molecule has 0 unspecified atom stereocenters. The SMILES string of the molecule is COc1ncnc(OC)c1-c1cc2cc(NC(=O)C3CC3)ncc2n1C(=O)OC(C)(C)C. The van der Waals surface area contributed by atoms with Gasteiger partial charge in [0.15, 0.2) is 0 Å². The fourth-order valence-electron chi connectivity index (χ4n) is 3.32. The molecule has 0 saturated heterocycles. The van der Waals surface area contributed by atoms with Gasteiger partial charge in [-0.15, -0.1) is 0 Å². The molecule has 168 valence electrons. The predicted molar refractivity (Wildman–Crippen MR) is 117 cm³/mol. The van der Waals surface area contributed by atoms with Crippen LogP contribution in [0, 0.1) is 5.92 Å². The summed E-state index contributed by atoms with van der Waals surface area (Å²) < 4.78 is 17.8. The van der Waals surface area contributed by atoms with Gasteiger partial charge in [0.25, 0.3) is 0 Å². The van der Waals surface area contributed by atoms with Crippen LogP contribution in [-0.2, 0) is 9.53 Å². The van der Waals surface area contributed by atoms with Crippen LogP contribution >= 0.6 is 0 Å². The van der Waals surface area contributed by atoms with E-state index in [1.54, 1.807) is 32.9 Å². The van der Waals surface area contributed by atoms with Crippen molar-refractivity contribution >= 4 is 28.7 Å². The van der Waals surface area contributed by atoms with Gasteiger partial charge in [-0.25, -0.2) is 24.3 Å². The van der Waals surface area contributed by atoms with Gasteiger partial charge in [0.2, 0.25) is 17.7 Å². The highest BCUT2D eigenvalue weighted by Gasteiger charge is 2.30. The van der Waals surface area contributed by atoms with E-state index in [4.69, 9.17) is 14.2 Å². The molecule has 0 atom stereocenters. The van der Waals surface area contributed by atoms with Gasteiger partial charge in [-0.1, -0.05) is 0 Å². The van der Waals surface area contributed by atoms with Crippen LogP contribution in [0.25, 0.3) is 22.2 Å². The lowest BCUT2D eigenvalue weighted by Crippen LogP contribution is -2.27. The molecular weight excluding hydrogens is 414 g/mol. The number of hydrogen-bond acceptors (Lipinski definition) is 8. The number of carbonyl (C=O) groups is 2. The van der Waals surface area contributed by atoms with Crippen LogP contribution in [0.15, 0.2) is 24.7 Å². The van der Waals surface area contributed by atoms with Crippen LogP contribution in [-0.4, -0.2) is 51.3 Å². The third-order valence-electron chi connectivity index (χ3n) is 4.88. The summed E-state index contributed by atoms with van der Waals surface area (Å²) in [6.07, 6.45) is 4.01. The lowest BCUT2D eigenvalue weighted by molar-refractivity contribution is -0.117. The fourth-order valence-corrected chi connectivity index (χ4v) is 3.32. The molecule has 1 fully saturated rings. The Morgan fingerprint density at radius 2 is 1.72 bits per heavy atom. The molecule has 1 aliphatic carbocycles. The highest BCUT2D eigenvalue weighted by Crippen LogP contribution is 2.39. The number of nitrogens with one attached hydrogen (secondary N) is 1. The number of hydrogen-bond donors (Lipinski definition) is 1. The Morgan fingerprint density at radius 3 is 2.28 bits per heavy atom. The zero-order chi connectivity index (χ0) is 23.0. The molecule has 0 bridgehead atoms. The summed E-state index contributed by atoms with van der Waals surface area (Å²) in [5.74, 6) is 0.873. The predicted octanol–water partition coefficient (Wildman–Crippen LogP) is 3.64. The van der Waals surface area contributed by atoms with E-state index in [1.165, 1.54) is 31.3 Å². The Bertz CT molecular complexity index is 1170. The van der Waals surface area contributed by atoms with Crippen molar-refractivity contribution in [2.75, 3.05) is 19.5 Å². The van der Waals surface area contributed by atoms with Gasteiger partial charge < -0.3 is 19.5 Å². The zero-order valence-corrected chi connectivity index (χ0v) is 18.6. The molecule has 0 aromatic carbocycles. The van der Waals surface area contributed by atoms with Crippen molar-refractivity contribution in [3.05, 3.63) is 24.7 Å². The molecule has 1 aliphatic rings. The highest BCUT2D eigenvalue weighted by atomic mass is 16.6. The van der Waals surface area contributed by atoms with Gasteiger partial charge in [0, 0.05) is 11.3 Å². The summed E-state index contributed by atoms with van der Waals surface area (Å²) in [7, 11) is 2.94. The van der Waals surface area contributed by atoms with Crippen LogP contribution in [0.3, 0.4) is 0 Å². The van der Waals surface area contributed by atoms with E-state index in [-0.39, 0.29) is 23.6 Å². The van der Waals surface area contributed by atoms with Gasteiger partial charge >= 0.3 is 6.09 Å². The highest BCUT2D eigenvalue weighted by molar-refractivity contribution is 6.00. The molecule has 1 N–H and O–H groups in total. The number of aromatic nitrogens is 4. The standard InChI is InChI=1S/C22H25N5O5/c1-22(2,3)32-21(29)27-14(17-19(30-4)24-11-25-20(17)31-5)8-13-9-16(23-10-15(13)27)26-18(28)12-6-7-12/h8-12H,6-7H2,1-5H3,(H,23,26,28). The quantitative estimate of drug-likeness (QED) is 0.640. The Morgan fingerprint density at radius 1 is 1.06 bits per heavy atom. The first kappa shape index (κ1) is 21.5. The number of pyridine rings is 1. The summed E-state index contributed by atoms with van der Waals surface area (Å²) in [5.41, 5.74) is 0.573. The molecule has 3 aromatic rings. The molecular formula is C22H25N5O5. The maximum atomic E-state index is 13.2. The number of fused-ring (bicyclic) bond motifs is 1. The van der Waals surface area contributed by atoms with Crippen LogP contribution in [0.1, 0.15) is 33.6 Å². The van der Waals surface area contributed by atoms with Gasteiger partial charge in [0.1, 0.15) is 23.3 Å². The molecule has 10 nitrogen and oxygen atoms in total. The topological polar surface area (TPSA) is 117 Å². The van der Waals surface area contributed by atoms with Crippen molar-refractivity contribution in [2.24, 2.45) is 5.92 Å². The van der Waals surface area contributed by atoms with Crippen molar-refractivity contribution in [1.29, 1.82) is 0 Å². The van der Waals surface area contributed by atoms with Gasteiger partial charge in [-0.05, 0) is 45.7 Å². The normalized spacial score (nSPS) is 13.7. The number of carbonyl (C=O) groups excluding carboxylic acids is 2. The van der Waals surface area contributed by atoms with Crippen molar-refractivity contribution in [1.82, 2.24) is 19.5 Å². The number of methoxy groups -OCH3 is 2. The van der Waals surface area contributed by atoms with E-state index in [0.717, 1.165) is 12.8 Å². The van der Waals surface area contributed by atoms with Crippen LogP contribution < -0.4 is 14.8 Å². The smallest absolute Gasteiger partial charge is 0.419 e. The minimum absolute atomic E-state index is 0.0457. The lowest BCUT2D eigenvalue weighted by Gasteiger charge is -2.21. The summed E-state index contributed by atoms with van der Waals surface area (Å²) in [4.78, 5) is 38.0. The largest absolute Gasteiger partial charge is 0.480 e. The number of anilines is 1. The van der Waals surface area contributed by atoms with E-state index in [0.29, 0.717) is 28.0 Å². The van der Waals surface area contributed by atoms with Gasteiger partial charge in [-0.3, -0.25) is 4.79 Å². The molecule has 0 spiro atoms. The lowest BCUT2D eigenvalue weighted by atomic mass is 10.2. The van der Waals surface area contributed by atoms with Crippen molar-refractivity contribution < 1.29 is 23.8 Å². The van der Waals surface area contributed by atoms with Crippen LogP contribution in [0.2, 0.25) is 0 Å². The Balaban J connectivity index is 1.89. The molecule has 3 heterocycles. The van der Waals surface area contributed by atoms with E-state index < -0.39 is 11.7 Å². The summed E-state index contributed by atoms with van der Waals surface area (Å²) in [5, 5.41) is 3.49. The van der Waals surface area contributed by atoms with Crippen LogP contribution in [0.4, 0.5) is 10.6 Å². The van der Waals surface area contributed by atoms with E-state index in [2.05, 4.69) is 20.3 Å². The third-order valence-corrected chi connectivity index (χ3v) is 4.88. The molecule has 0 radical (unpaired) electrons. The number of ether oxygens (including phenoxy) is 3. The summed E-state index contributed by atoms with van der Waals surface area (Å²) >= 11 is 0. The summed E-state index contributed by atoms with van der Waals surface area (Å²) in [6, 6.07) is 3.47. The Labute approximate surface area is 184 Å². The maximum absolute atomic E-state index is 13.2. The first-order valence-corrected chi connectivity index (χ1v) is 10.2. The molecule has 10 heteroatoms. The first-order valence-electron chi connectivity index (χ1n) is 10.2. The first-order chi connectivity index (χ1) is 15.2. The van der Waals surface area contributed by atoms with Crippen molar-refractivity contribution in [2.45, 2.75) is 39.2 Å². The second-order valence-electron chi connectivity index (χ2n) is 8.50. The third kappa shape index (κ3) is 4.20. The Kier molecular flexibility index (Phi) is 5.45. The van der Waals surface area contributed by atoms with E-state index >= 15 is 0 Å². The second-order valence-corrected chi connectivity index (χ2v) is 8.50. The Hall–Kier alpha value is -3.69. The molecule has 1 saturated carbocycles.